The maximum absolute atomic E-state index is 11.9. The molecule has 3 aromatic rings. The lowest BCUT2D eigenvalue weighted by Gasteiger charge is -2.34. The lowest BCUT2D eigenvalue weighted by molar-refractivity contribution is 0.122. The average molecular weight is 610 g/mol. The third-order valence-corrected chi connectivity index (χ3v) is 9.38. The Morgan fingerprint density at radius 1 is 0.930 bits per heavy atom. The van der Waals surface area contributed by atoms with Gasteiger partial charge in [0.1, 0.15) is 11.9 Å². The van der Waals surface area contributed by atoms with Crippen molar-refractivity contribution in [3.8, 4) is 5.88 Å². The van der Waals surface area contributed by atoms with Gasteiger partial charge in [0.25, 0.3) is 0 Å². The molecule has 3 N–H and O–H groups in total. The summed E-state index contributed by atoms with van der Waals surface area (Å²) in [4.78, 5) is 23.3. The first-order valence-corrected chi connectivity index (χ1v) is 17.1. The molecule has 2 atom stereocenters. The van der Waals surface area contributed by atoms with Crippen LogP contribution in [0.1, 0.15) is 38.5 Å². The van der Waals surface area contributed by atoms with Crippen LogP contribution in [-0.2, 0) is 14.8 Å². The normalized spacial score (nSPS) is 26.0. The van der Waals surface area contributed by atoms with Gasteiger partial charge in [-0.1, -0.05) is 0 Å². The molecule has 4 fully saturated rings. The minimum absolute atomic E-state index is 0.0217. The largest absolute Gasteiger partial charge is 0.474 e. The predicted molar refractivity (Wildman–Crippen MR) is 166 cm³/mol. The number of morpholine rings is 1. The molecule has 14 heteroatoms. The van der Waals surface area contributed by atoms with Crippen LogP contribution in [0.5, 0.6) is 5.88 Å². The first-order valence-electron chi connectivity index (χ1n) is 15.2. The number of hydrogen-bond donors (Lipinski definition) is 3. The molecule has 230 valence electrons. The summed E-state index contributed by atoms with van der Waals surface area (Å²) in [5.74, 6) is 1.92. The molecular weight excluding hydrogens is 570 g/mol. The molecule has 6 heterocycles. The quantitative estimate of drug-likeness (QED) is 0.345. The van der Waals surface area contributed by atoms with E-state index in [1.54, 1.807) is 6.07 Å². The second kappa shape index (κ2) is 11.9. The first-order chi connectivity index (χ1) is 20.8. The highest BCUT2D eigenvalue weighted by Gasteiger charge is 2.32. The summed E-state index contributed by atoms with van der Waals surface area (Å²) in [6.45, 7) is 4.79. The van der Waals surface area contributed by atoms with Crippen LogP contribution in [0, 0.1) is 0 Å². The van der Waals surface area contributed by atoms with Crippen LogP contribution in [-0.4, -0.2) is 98.2 Å². The molecule has 13 nitrogen and oxygen atoms in total. The van der Waals surface area contributed by atoms with E-state index in [1.807, 2.05) is 18.5 Å². The molecular formula is C29H39N9O4S. The van der Waals surface area contributed by atoms with Crippen LogP contribution in [0.2, 0.25) is 0 Å². The molecule has 2 unspecified atom stereocenters. The summed E-state index contributed by atoms with van der Waals surface area (Å²) >= 11 is 0. The lowest BCUT2D eigenvalue weighted by Crippen LogP contribution is -2.51. The zero-order chi connectivity index (χ0) is 29.4. The average Bonchev–Trinajstić information content (AvgIpc) is 3.35. The lowest BCUT2D eigenvalue weighted by atomic mass is 9.93. The zero-order valence-electron chi connectivity index (χ0n) is 24.4. The fraction of sp³-hybridized carbons (Fsp3) is 0.586. The van der Waals surface area contributed by atoms with E-state index < -0.39 is 10.0 Å². The number of nitrogens with zero attached hydrogens (tertiary/aromatic N) is 6. The van der Waals surface area contributed by atoms with Gasteiger partial charge in [-0.3, -0.25) is 9.71 Å². The summed E-state index contributed by atoms with van der Waals surface area (Å²) in [6, 6.07) is 5.08. The van der Waals surface area contributed by atoms with Crippen molar-refractivity contribution in [1.29, 1.82) is 0 Å². The first kappa shape index (κ1) is 28.3. The maximum atomic E-state index is 11.9. The number of sulfonamides is 1. The summed E-state index contributed by atoms with van der Waals surface area (Å²) in [7, 11) is -3.45. The standard InChI is InChI=1S/C29H39N9O4S/c1-43(39,40)36-22-12-25-26(30-14-22)13-27(37-8-10-41-11-9-37)35-28(25)42-24-6-4-19(5-7-24)34-29-31-15-23(16-32-29)38-17-20-2-3-21(18-38)33-20/h12-16,19-21,24,33,36H,2-11,17-18H2,1H3,(H,31,32,34)/t19-,20?,21?,24+. The molecule has 0 radical (unpaired) electrons. The number of ether oxygens (including phenoxy) is 2. The predicted octanol–water partition coefficient (Wildman–Crippen LogP) is 2.37. The summed E-state index contributed by atoms with van der Waals surface area (Å²) in [5, 5.41) is 7.86. The Balaban J connectivity index is 1.01. The van der Waals surface area contributed by atoms with Gasteiger partial charge in [0, 0.05) is 50.4 Å². The molecule has 1 saturated carbocycles. The Morgan fingerprint density at radius 3 is 2.35 bits per heavy atom. The number of piperazine rings is 1. The molecule has 1 aliphatic carbocycles. The molecule has 0 amide bonds. The van der Waals surface area contributed by atoms with Crippen LogP contribution in [0.15, 0.2) is 30.7 Å². The van der Waals surface area contributed by atoms with E-state index in [0.717, 1.165) is 69.6 Å². The van der Waals surface area contributed by atoms with Gasteiger partial charge >= 0.3 is 0 Å². The van der Waals surface area contributed by atoms with Crippen molar-refractivity contribution in [2.24, 2.45) is 0 Å². The molecule has 7 rings (SSSR count). The van der Waals surface area contributed by atoms with Crippen LogP contribution in [0.3, 0.4) is 0 Å². The van der Waals surface area contributed by atoms with Gasteiger partial charge in [-0.15, -0.1) is 0 Å². The highest BCUT2D eigenvalue weighted by molar-refractivity contribution is 7.92. The van der Waals surface area contributed by atoms with Gasteiger partial charge in [-0.25, -0.2) is 18.4 Å². The minimum Gasteiger partial charge on any atom is -0.474 e. The Morgan fingerprint density at radius 2 is 1.65 bits per heavy atom. The topological polar surface area (TPSA) is 147 Å². The number of fused-ring (bicyclic) bond motifs is 3. The SMILES string of the molecule is CS(=O)(=O)Nc1cnc2cc(N3CCOCC3)nc(O[C@H]3CC[C@@H](Nc4ncc(N5CC6CCC(C5)N6)cn4)CC3)c2c1. The molecule has 4 aliphatic rings. The van der Waals surface area contributed by atoms with E-state index in [0.29, 0.717) is 53.7 Å². The van der Waals surface area contributed by atoms with Crippen LogP contribution >= 0.6 is 0 Å². The Labute approximate surface area is 251 Å². The highest BCUT2D eigenvalue weighted by atomic mass is 32.2. The second-order valence-electron chi connectivity index (χ2n) is 12.1. The third kappa shape index (κ3) is 6.70. The van der Waals surface area contributed by atoms with Crippen molar-refractivity contribution >= 4 is 44.1 Å². The monoisotopic (exact) mass is 609 g/mol. The van der Waals surface area contributed by atoms with Crippen LogP contribution < -0.4 is 29.9 Å². The highest BCUT2D eigenvalue weighted by Crippen LogP contribution is 2.33. The third-order valence-electron chi connectivity index (χ3n) is 8.77. The van der Waals surface area contributed by atoms with Crippen LogP contribution in [0.4, 0.5) is 23.1 Å². The van der Waals surface area contributed by atoms with E-state index in [4.69, 9.17) is 14.5 Å². The summed E-state index contributed by atoms with van der Waals surface area (Å²) in [6.07, 6.45) is 12.5. The second-order valence-corrected chi connectivity index (χ2v) is 13.8. The van der Waals surface area contributed by atoms with E-state index in [9.17, 15) is 8.42 Å². The Hall–Kier alpha value is -3.49. The van der Waals surface area contributed by atoms with Crippen molar-refractivity contribution in [1.82, 2.24) is 25.3 Å². The van der Waals surface area contributed by atoms with E-state index in [-0.39, 0.29) is 12.1 Å². The summed E-state index contributed by atoms with van der Waals surface area (Å²) in [5.41, 5.74) is 2.17. The van der Waals surface area contributed by atoms with Gasteiger partial charge in [-0.05, 0) is 44.6 Å². The van der Waals surface area contributed by atoms with Crippen molar-refractivity contribution in [2.75, 3.05) is 65.5 Å². The van der Waals surface area contributed by atoms with E-state index in [2.05, 4.69) is 40.1 Å². The van der Waals surface area contributed by atoms with Gasteiger partial charge in [-0.2, -0.15) is 4.98 Å². The fourth-order valence-corrected chi connectivity index (χ4v) is 7.17. The molecule has 2 bridgehead atoms. The molecule has 43 heavy (non-hydrogen) atoms. The summed E-state index contributed by atoms with van der Waals surface area (Å²) < 4.78 is 38.3. The molecule has 3 aromatic heterocycles. The van der Waals surface area contributed by atoms with Gasteiger partial charge in [0.05, 0.1) is 60.3 Å². The van der Waals surface area contributed by atoms with Crippen molar-refractivity contribution in [2.45, 2.75) is 62.8 Å². The zero-order valence-corrected chi connectivity index (χ0v) is 25.2. The number of rotatable bonds is 8. The Kier molecular flexibility index (Phi) is 7.82. The van der Waals surface area contributed by atoms with E-state index >= 15 is 0 Å². The minimum atomic E-state index is -3.45. The smallest absolute Gasteiger partial charge is 0.229 e. The van der Waals surface area contributed by atoms with Crippen LogP contribution in [0.25, 0.3) is 10.9 Å². The van der Waals surface area contributed by atoms with Gasteiger partial charge in [0.15, 0.2) is 0 Å². The van der Waals surface area contributed by atoms with Gasteiger partial charge in [0.2, 0.25) is 21.9 Å². The molecule has 0 aromatic carbocycles. The number of anilines is 4. The number of pyridine rings is 2. The maximum Gasteiger partial charge on any atom is 0.229 e. The Bertz CT molecular complexity index is 1530. The molecule has 3 saturated heterocycles. The van der Waals surface area contributed by atoms with E-state index in [1.165, 1.54) is 19.0 Å². The fourth-order valence-electron chi connectivity index (χ4n) is 6.63. The molecule has 0 spiro atoms. The van der Waals surface area contributed by atoms with Crippen molar-refractivity contribution in [3.63, 3.8) is 0 Å². The number of aromatic nitrogens is 4. The molecule has 3 aliphatic heterocycles. The number of hydrogen-bond acceptors (Lipinski definition) is 12. The van der Waals surface area contributed by atoms with Crippen molar-refractivity contribution < 1.29 is 17.9 Å². The van der Waals surface area contributed by atoms with Crippen molar-refractivity contribution in [3.05, 3.63) is 30.7 Å². The number of nitrogens with one attached hydrogen (secondary N) is 3. The van der Waals surface area contributed by atoms with Gasteiger partial charge < -0.3 is 29.9 Å².